The van der Waals surface area contributed by atoms with Crippen LogP contribution in [0.1, 0.15) is 25.7 Å². The van der Waals surface area contributed by atoms with Crippen LogP contribution in [0.5, 0.6) is 0 Å². The number of aliphatic hydroxyl groups is 2. The number of aliphatic hydroxyl groups excluding tert-OH is 2. The molecule has 4 atom stereocenters. The SMILES string of the molecule is O[C@H]([C@@H](O)[C@@H]1CCCN1)[C@@H]1CCCN1. The number of nitrogens with one attached hydrogen (secondary N) is 2. The molecule has 2 saturated heterocycles. The van der Waals surface area contributed by atoms with Crippen molar-refractivity contribution in [2.75, 3.05) is 13.1 Å². The fourth-order valence-electron chi connectivity index (χ4n) is 2.48. The molecule has 0 spiro atoms. The number of hydrogen-bond donors (Lipinski definition) is 4. The zero-order valence-electron chi connectivity index (χ0n) is 8.45. The van der Waals surface area contributed by atoms with E-state index in [9.17, 15) is 10.2 Å². The lowest BCUT2D eigenvalue weighted by molar-refractivity contribution is -0.0172. The van der Waals surface area contributed by atoms with Gasteiger partial charge in [-0.2, -0.15) is 0 Å². The summed E-state index contributed by atoms with van der Waals surface area (Å²) in [6.07, 6.45) is 2.93. The maximum atomic E-state index is 9.93. The van der Waals surface area contributed by atoms with Gasteiger partial charge in [-0.25, -0.2) is 0 Å². The zero-order valence-corrected chi connectivity index (χ0v) is 8.45. The van der Waals surface area contributed by atoms with E-state index in [1.165, 1.54) is 0 Å². The molecule has 0 aromatic carbocycles. The molecule has 0 unspecified atom stereocenters. The Bertz CT molecular complexity index is 157. The number of hydrogen-bond acceptors (Lipinski definition) is 4. The highest BCUT2D eigenvalue weighted by Gasteiger charge is 2.34. The van der Waals surface area contributed by atoms with E-state index in [-0.39, 0.29) is 12.1 Å². The first-order valence-electron chi connectivity index (χ1n) is 5.62. The standard InChI is InChI=1S/C10H20N2O2/c13-9(7-3-1-5-11-7)10(14)8-4-2-6-12-8/h7-14H,1-6H2/t7-,8-,9-,10-/m0/s1. The van der Waals surface area contributed by atoms with Gasteiger partial charge in [0.2, 0.25) is 0 Å². The first-order valence-corrected chi connectivity index (χ1v) is 5.62. The van der Waals surface area contributed by atoms with Crippen molar-refractivity contribution >= 4 is 0 Å². The third-order valence-corrected chi connectivity index (χ3v) is 3.37. The summed E-state index contributed by atoms with van der Waals surface area (Å²) in [6.45, 7) is 1.93. The van der Waals surface area contributed by atoms with Crippen molar-refractivity contribution in [3.05, 3.63) is 0 Å². The zero-order chi connectivity index (χ0) is 9.97. The van der Waals surface area contributed by atoms with Gasteiger partial charge in [-0.3, -0.25) is 0 Å². The van der Waals surface area contributed by atoms with Gasteiger partial charge in [0.1, 0.15) is 0 Å². The fourth-order valence-corrected chi connectivity index (χ4v) is 2.48. The quantitative estimate of drug-likeness (QED) is 0.482. The van der Waals surface area contributed by atoms with Crippen LogP contribution < -0.4 is 10.6 Å². The third-order valence-electron chi connectivity index (χ3n) is 3.37. The molecular weight excluding hydrogens is 180 g/mol. The van der Waals surface area contributed by atoms with Gasteiger partial charge < -0.3 is 20.8 Å². The molecule has 2 aliphatic rings. The van der Waals surface area contributed by atoms with Crippen LogP contribution >= 0.6 is 0 Å². The average molecular weight is 200 g/mol. The van der Waals surface area contributed by atoms with Crippen molar-refractivity contribution in [2.45, 2.75) is 50.0 Å². The minimum Gasteiger partial charge on any atom is -0.389 e. The Hall–Kier alpha value is -0.160. The second-order valence-electron chi connectivity index (χ2n) is 4.39. The Kier molecular flexibility index (Phi) is 3.38. The lowest BCUT2D eigenvalue weighted by Crippen LogP contribution is -2.50. The maximum absolute atomic E-state index is 9.93. The molecule has 14 heavy (non-hydrogen) atoms. The predicted molar refractivity (Wildman–Crippen MR) is 54.1 cm³/mol. The first kappa shape index (κ1) is 10.4. The topological polar surface area (TPSA) is 64.5 Å². The van der Waals surface area contributed by atoms with Crippen LogP contribution in [0.4, 0.5) is 0 Å². The second kappa shape index (κ2) is 4.57. The minimum absolute atomic E-state index is 0.0902. The van der Waals surface area contributed by atoms with Gasteiger partial charge >= 0.3 is 0 Å². The van der Waals surface area contributed by atoms with Crippen LogP contribution in [-0.2, 0) is 0 Å². The van der Waals surface area contributed by atoms with Crippen LogP contribution in [0.3, 0.4) is 0 Å². The largest absolute Gasteiger partial charge is 0.389 e. The Balaban J connectivity index is 1.85. The lowest BCUT2D eigenvalue weighted by atomic mass is 9.97. The molecule has 2 rings (SSSR count). The highest BCUT2D eigenvalue weighted by atomic mass is 16.3. The van der Waals surface area contributed by atoms with Gasteiger partial charge in [-0.05, 0) is 38.8 Å². The van der Waals surface area contributed by atoms with Crippen LogP contribution in [-0.4, -0.2) is 47.6 Å². The fraction of sp³-hybridized carbons (Fsp3) is 1.00. The van der Waals surface area contributed by atoms with Gasteiger partial charge in [-0.15, -0.1) is 0 Å². The molecule has 2 fully saturated rings. The molecule has 0 aromatic rings. The normalized spacial score (nSPS) is 37.3. The molecule has 4 nitrogen and oxygen atoms in total. The summed E-state index contributed by atoms with van der Waals surface area (Å²) in [4.78, 5) is 0. The molecule has 0 radical (unpaired) electrons. The summed E-state index contributed by atoms with van der Waals surface area (Å²) in [6, 6.07) is 0.180. The van der Waals surface area contributed by atoms with Gasteiger partial charge in [0.25, 0.3) is 0 Å². The average Bonchev–Trinajstić information content (AvgIpc) is 2.87. The van der Waals surface area contributed by atoms with Crippen LogP contribution in [0, 0.1) is 0 Å². The van der Waals surface area contributed by atoms with Crippen molar-refractivity contribution in [3.63, 3.8) is 0 Å². The Labute approximate surface area is 84.7 Å². The van der Waals surface area contributed by atoms with Crippen molar-refractivity contribution in [1.82, 2.24) is 10.6 Å². The lowest BCUT2D eigenvalue weighted by Gasteiger charge is -2.27. The van der Waals surface area contributed by atoms with Gasteiger partial charge in [0, 0.05) is 12.1 Å². The summed E-state index contributed by atoms with van der Waals surface area (Å²) in [5.41, 5.74) is 0. The molecule has 0 bridgehead atoms. The molecule has 0 aliphatic carbocycles. The van der Waals surface area contributed by atoms with Gasteiger partial charge in [0.05, 0.1) is 12.2 Å². The molecule has 82 valence electrons. The highest BCUT2D eigenvalue weighted by molar-refractivity contribution is 4.92. The van der Waals surface area contributed by atoms with Crippen LogP contribution in [0.2, 0.25) is 0 Å². The first-order chi connectivity index (χ1) is 6.79. The summed E-state index contributed by atoms with van der Waals surface area (Å²) in [5.74, 6) is 0. The van der Waals surface area contributed by atoms with Crippen LogP contribution in [0.25, 0.3) is 0 Å². The molecule has 0 amide bonds. The Morgan fingerprint density at radius 1 is 0.857 bits per heavy atom. The van der Waals surface area contributed by atoms with Crippen LogP contribution in [0.15, 0.2) is 0 Å². The van der Waals surface area contributed by atoms with E-state index in [0.717, 1.165) is 38.8 Å². The van der Waals surface area contributed by atoms with Crippen molar-refractivity contribution in [1.29, 1.82) is 0 Å². The van der Waals surface area contributed by atoms with E-state index in [4.69, 9.17) is 0 Å². The predicted octanol–water partition coefficient (Wildman–Crippen LogP) is -0.788. The van der Waals surface area contributed by atoms with E-state index in [2.05, 4.69) is 10.6 Å². The van der Waals surface area contributed by atoms with E-state index >= 15 is 0 Å². The van der Waals surface area contributed by atoms with E-state index in [0.29, 0.717) is 0 Å². The maximum Gasteiger partial charge on any atom is 0.0966 e. The van der Waals surface area contributed by atoms with Crippen molar-refractivity contribution < 1.29 is 10.2 Å². The molecule has 4 heteroatoms. The van der Waals surface area contributed by atoms with E-state index in [1.807, 2.05) is 0 Å². The minimum atomic E-state index is -0.618. The highest BCUT2D eigenvalue weighted by Crippen LogP contribution is 2.18. The van der Waals surface area contributed by atoms with Gasteiger partial charge in [0.15, 0.2) is 0 Å². The molecular formula is C10H20N2O2. The van der Waals surface area contributed by atoms with Crippen molar-refractivity contribution in [3.8, 4) is 0 Å². The summed E-state index contributed by atoms with van der Waals surface area (Å²) in [7, 11) is 0. The van der Waals surface area contributed by atoms with E-state index < -0.39 is 12.2 Å². The molecule has 0 saturated carbocycles. The smallest absolute Gasteiger partial charge is 0.0966 e. The number of rotatable bonds is 3. The third kappa shape index (κ3) is 2.08. The van der Waals surface area contributed by atoms with Crippen molar-refractivity contribution in [2.24, 2.45) is 0 Å². The summed E-state index contributed by atoms with van der Waals surface area (Å²) < 4.78 is 0. The Morgan fingerprint density at radius 3 is 1.57 bits per heavy atom. The molecule has 2 heterocycles. The Morgan fingerprint density at radius 2 is 1.29 bits per heavy atom. The summed E-state index contributed by atoms with van der Waals surface area (Å²) in [5, 5.41) is 26.3. The molecule has 4 N–H and O–H groups in total. The molecule has 0 aromatic heterocycles. The molecule has 2 aliphatic heterocycles. The monoisotopic (exact) mass is 200 g/mol. The van der Waals surface area contributed by atoms with E-state index in [1.54, 1.807) is 0 Å². The van der Waals surface area contributed by atoms with Gasteiger partial charge in [-0.1, -0.05) is 0 Å². The second-order valence-corrected chi connectivity index (χ2v) is 4.39. The summed E-state index contributed by atoms with van der Waals surface area (Å²) >= 11 is 0.